The molecule has 0 atom stereocenters. The van der Waals surface area contributed by atoms with Crippen LogP contribution in [-0.4, -0.2) is 10.5 Å². The Bertz CT molecular complexity index is 1200. The molecule has 0 radical (unpaired) electrons. The molecule has 9 heteroatoms. The molecule has 34 heavy (non-hydrogen) atoms. The van der Waals surface area contributed by atoms with Crippen LogP contribution in [0.5, 0.6) is 0 Å². The molecule has 0 saturated carbocycles. The molecule has 182 valence electrons. The van der Waals surface area contributed by atoms with Gasteiger partial charge in [0.15, 0.2) is 0 Å². The Morgan fingerprint density at radius 1 is 0.735 bits per heavy atom. The molecule has 0 fully saturated rings. The van der Waals surface area contributed by atoms with Gasteiger partial charge in [0.1, 0.15) is 0 Å². The van der Waals surface area contributed by atoms with E-state index in [9.17, 15) is 13.2 Å². The zero-order valence-electron chi connectivity index (χ0n) is 18.3. The molecular weight excluding hydrogens is 848 g/mol. The van der Waals surface area contributed by atoms with Crippen molar-refractivity contribution < 1.29 is 32.5 Å². The number of benzene rings is 3. The Kier molecular flexibility index (Phi) is 9.77. The first-order valence-corrected chi connectivity index (χ1v) is 13.2. The van der Waals surface area contributed by atoms with E-state index < -0.39 is 11.7 Å². The molecule has 0 saturated heterocycles. The Labute approximate surface area is 236 Å². The Hall–Kier alpha value is -1.23. The van der Waals surface area contributed by atoms with Crippen molar-refractivity contribution in [2.24, 2.45) is 14.1 Å². The fraction of sp³-hybridized carbons (Fsp3) is 0.160. The van der Waals surface area contributed by atoms with Gasteiger partial charge in [-0.25, -0.2) is 0 Å². The van der Waals surface area contributed by atoms with Gasteiger partial charge < -0.3 is 0 Å². The largest absolute Gasteiger partial charge is 0.416 e. The molecule has 0 bridgehead atoms. The first-order chi connectivity index (χ1) is 16.1. The van der Waals surface area contributed by atoms with Crippen molar-refractivity contribution in [2.45, 2.75) is 12.7 Å². The maximum Gasteiger partial charge on any atom is 0.416 e. The van der Waals surface area contributed by atoms with E-state index in [-0.39, 0.29) is 0 Å². The smallest absolute Gasteiger partial charge is 0.184 e. The zero-order chi connectivity index (χ0) is 24.9. The van der Waals surface area contributed by atoms with Crippen LogP contribution in [0.25, 0.3) is 22.5 Å². The standard InChI is InChI=1S/C17H16N2.C8H6F3I2N.Pt/c1-18-13-19(2)17(15-11-7-4-8-12-15)16(18)14-9-5-3-6-10-14;9-8(10,11)7-3-1-6(2-4-7)5-14(12)13;/h3-12H,1-2H3;1-4H,5H2;. The molecular formula is C25H22F3I2N3Pt. The predicted molar refractivity (Wildman–Crippen MR) is 144 cm³/mol. The van der Waals surface area contributed by atoms with Crippen molar-refractivity contribution in [1.29, 1.82) is 0 Å². The van der Waals surface area contributed by atoms with E-state index in [2.05, 4.69) is 149 Å². The second-order valence-corrected chi connectivity index (χ2v) is 12.6. The van der Waals surface area contributed by atoms with Crippen LogP contribution < -0.4 is 0 Å². The zero-order valence-corrected chi connectivity index (χ0v) is 24.9. The minimum absolute atomic E-state index is 0.602. The summed E-state index contributed by atoms with van der Waals surface area (Å²) >= 11 is 6.51. The van der Waals surface area contributed by atoms with Crippen LogP contribution in [0.1, 0.15) is 11.1 Å². The summed E-state index contributed by atoms with van der Waals surface area (Å²) in [5, 5.41) is 0. The molecule has 3 aromatic carbocycles. The summed E-state index contributed by atoms with van der Waals surface area (Å²) in [5.74, 6) is 0. The molecule has 4 rings (SSSR count). The van der Waals surface area contributed by atoms with Gasteiger partial charge >= 0.3 is 136 Å². The first kappa shape index (κ1) is 27.4. The van der Waals surface area contributed by atoms with E-state index in [1.807, 2.05) is 1.33 Å². The van der Waals surface area contributed by atoms with Gasteiger partial charge in [-0.3, -0.25) is 0 Å². The number of rotatable bonds is 4. The predicted octanol–water partition coefficient (Wildman–Crippen LogP) is 7.98. The van der Waals surface area contributed by atoms with Gasteiger partial charge in [0.2, 0.25) is 0 Å². The Morgan fingerprint density at radius 3 is 1.50 bits per heavy atom. The summed E-state index contributed by atoms with van der Waals surface area (Å²) in [6, 6.07) is 26.3. The van der Waals surface area contributed by atoms with Crippen LogP contribution in [0.4, 0.5) is 13.2 Å². The van der Waals surface area contributed by atoms with E-state index in [0.717, 1.165) is 17.7 Å². The second-order valence-electron chi connectivity index (χ2n) is 7.44. The molecule has 1 aromatic heterocycles. The van der Waals surface area contributed by atoms with Crippen molar-refractivity contribution in [3.63, 3.8) is 0 Å². The van der Waals surface area contributed by atoms with Crippen molar-refractivity contribution in [1.82, 2.24) is 10.5 Å². The monoisotopic (exact) mass is 870 g/mol. The summed E-state index contributed by atoms with van der Waals surface area (Å²) in [4.78, 5) is 0. The van der Waals surface area contributed by atoms with Gasteiger partial charge in [0.25, 0.3) is 0 Å². The summed E-state index contributed by atoms with van der Waals surface area (Å²) in [5.41, 5.74) is 5.26. The second kappa shape index (κ2) is 12.1. The van der Waals surface area contributed by atoms with E-state index in [1.165, 1.54) is 38.5 Å². The number of halogens is 5. The summed E-state index contributed by atoms with van der Waals surface area (Å²) < 4.78 is 44.1. The third kappa shape index (κ3) is 6.92. The fourth-order valence-electron chi connectivity index (χ4n) is 3.50. The number of hydrogen-bond acceptors (Lipinski definition) is 1. The van der Waals surface area contributed by atoms with Crippen molar-refractivity contribution in [3.8, 4) is 22.5 Å². The quantitative estimate of drug-likeness (QED) is 0.150. The molecule has 0 spiro atoms. The van der Waals surface area contributed by atoms with Gasteiger partial charge in [0, 0.05) is 52.3 Å². The van der Waals surface area contributed by atoms with Crippen LogP contribution in [-0.2, 0) is 46.2 Å². The minimum atomic E-state index is -4.24. The van der Waals surface area contributed by atoms with Crippen molar-refractivity contribution in [2.75, 3.05) is 0 Å². The van der Waals surface area contributed by atoms with E-state index in [0.29, 0.717) is 6.54 Å². The van der Waals surface area contributed by atoms with E-state index in [1.54, 1.807) is 0 Å². The third-order valence-corrected chi connectivity index (χ3v) is 7.29. The van der Waals surface area contributed by atoms with Gasteiger partial charge in [0.05, 0.1) is 5.56 Å². The maximum absolute atomic E-state index is 12.2. The normalized spacial score (nSPS) is 11.4. The van der Waals surface area contributed by atoms with Crippen molar-refractivity contribution in [3.05, 3.63) is 99.9 Å². The number of aromatic nitrogens is 2. The number of hydrogen-bond donors (Lipinski definition) is 0. The minimum Gasteiger partial charge on any atom is -0.184 e. The van der Waals surface area contributed by atoms with Crippen LogP contribution in [0, 0.1) is 3.80 Å². The molecule has 0 aliphatic heterocycles. The molecule has 0 aliphatic rings. The Balaban J connectivity index is 0.000000204. The van der Waals surface area contributed by atoms with E-state index >= 15 is 0 Å². The average molecular weight is 870 g/mol. The summed E-state index contributed by atoms with van der Waals surface area (Å²) in [6.45, 7) is 0.624. The summed E-state index contributed by atoms with van der Waals surface area (Å²) in [7, 11) is 4.24. The van der Waals surface area contributed by atoms with Crippen LogP contribution >= 0.6 is 45.7 Å². The van der Waals surface area contributed by atoms with Gasteiger partial charge in [-0.2, -0.15) is 14.5 Å². The molecule has 3 nitrogen and oxygen atoms in total. The fourth-order valence-corrected chi connectivity index (χ4v) is 4.80. The maximum atomic E-state index is 12.2. The molecule has 0 unspecified atom stereocenters. The van der Waals surface area contributed by atoms with Gasteiger partial charge in [-0.15, -0.1) is 0 Å². The number of nitrogens with zero attached hydrogens (tertiary/aromatic N) is 3. The summed E-state index contributed by atoms with van der Waals surface area (Å²) in [6.07, 6.45) is -4.24. The average Bonchev–Trinajstić information content (AvgIpc) is 3.04. The molecule has 0 aliphatic carbocycles. The number of imidazole rings is 1. The molecule has 0 amide bonds. The van der Waals surface area contributed by atoms with Gasteiger partial charge in [-0.1, -0.05) is 12.1 Å². The topological polar surface area (TPSA) is 13.1 Å². The van der Waals surface area contributed by atoms with Crippen molar-refractivity contribution >= 4 is 45.7 Å². The molecule has 0 N–H and O–H groups in total. The SMILES string of the molecule is Cn1c(-c2ccccc2)c(-c2ccccc2)n(C)[c]1=[Pt].FC(F)(F)c1ccc(CN(I)I)cc1. The van der Waals surface area contributed by atoms with Crippen LogP contribution in [0.15, 0.2) is 84.9 Å². The van der Waals surface area contributed by atoms with Gasteiger partial charge in [-0.05, 0) is 17.7 Å². The van der Waals surface area contributed by atoms with Crippen LogP contribution in [0.2, 0.25) is 0 Å². The van der Waals surface area contributed by atoms with Crippen LogP contribution in [0.3, 0.4) is 0 Å². The Morgan fingerprint density at radius 2 is 1.15 bits per heavy atom. The van der Waals surface area contributed by atoms with E-state index in [4.69, 9.17) is 0 Å². The number of alkyl halides is 3. The first-order valence-electron chi connectivity index (χ1n) is 10.2. The molecule has 4 aromatic rings. The third-order valence-electron chi connectivity index (χ3n) is 5.09. The molecule has 1 heterocycles.